The van der Waals surface area contributed by atoms with E-state index >= 15 is 0 Å². The first-order chi connectivity index (χ1) is 8.25. The van der Waals surface area contributed by atoms with E-state index in [4.69, 9.17) is 0 Å². The molecule has 0 aliphatic carbocycles. The second-order valence-electron chi connectivity index (χ2n) is 3.88. The van der Waals surface area contributed by atoms with Crippen LogP contribution in [0.2, 0.25) is 0 Å². The Balaban J connectivity index is 1.77. The standard InChI is InChI=1S/C13H15NOS2/c1-10(12-5-3-9-17-12)14-13(15)7-6-11-4-2-8-16-11/h2-5,8-10H,6-7H2,1H3,(H,14,15). The molecule has 0 aromatic carbocycles. The normalized spacial score (nSPS) is 12.3. The minimum Gasteiger partial charge on any atom is -0.349 e. The van der Waals surface area contributed by atoms with E-state index in [0.29, 0.717) is 6.42 Å². The van der Waals surface area contributed by atoms with Gasteiger partial charge in [0.2, 0.25) is 5.91 Å². The third-order valence-corrected chi connectivity index (χ3v) is 4.52. The van der Waals surface area contributed by atoms with Crippen LogP contribution in [0.5, 0.6) is 0 Å². The SMILES string of the molecule is CC(NC(=O)CCc1cccs1)c1cccs1. The molecule has 90 valence electrons. The summed E-state index contributed by atoms with van der Waals surface area (Å²) in [7, 11) is 0. The molecule has 1 amide bonds. The maximum atomic E-state index is 11.7. The highest BCUT2D eigenvalue weighted by Crippen LogP contribution is 2.18. The van der Waals surface area contributed by atoms with Crippen LogP contribution in [-0.4, -0.2) is 5.91 Å². The summed E-state index contributed by atoms with van der Waals surface area (Å²) in [5.74, 6) is 0.124. The number of amides is 1. The quantitative estimate of drug-likeness (QED) is 0.879. The highest BCUT2D eigenvalue weighted by atomic mass is 32.1. The molecule has 1 N–H and O–H groups in total. The number of thiophene rings is 2. The molecule has 0 fully saturated rings. The Hall–Kier alpha value is -1.13. The molecule has 1 atom stereocenters. The van der Waals surface area contributed by atoms with Crippen molar-refractivity contribution in [1.29, 1.82) is 0 Å². The minimum absolute atomic E-state index is 0.117. The van der Waals surface area contributed by atoms with Gasteiger partial charge in [-0.05, 0) is 36.2 Å². The van der Waals surface area contributed by atoms with Crippen LogP contribution in [-0.2, 0) is 11.2 Å². The summed E-state index contributed by atoms with van der Waals surface area (Å²) in [5.41, 5.74) is 0. The first-order valence-electron chi connectivity index (χ1n) is 5.61. The van der Waals surface area contributed by atoms with Crippen LogP contribution in [0.25, 0.3) is 0 Å². The molecule has 4 heteroatoms. The van der Waals surface area contributed by atoms with E-state index in [-0.39, 0.29) is 11.9 Å². The summed E-state index contributed by atoms with van der Waals surface area (Å²) < 4.78 is 0. The van der Waals surface area contributed by atoms with Gasteiger partial charge in [-0.1, -0.05) is 12.1 Å². The van der Waals surface area contributed by atoms with Crippen LogP contribution in [0.3, 0.4) is 0 Å². The van der Waals surface area contributed by atoms with E-state index in [9.17, 15) is 4.79 Å². The van der Waals surface area contributed by atoms with E-state index in [1.54, 1.807) is 22.7 Å². The smallest absolute Gasteiger partial charge is 0.220 e. The lowest BCUT2D eigenvalue weighted by molar-refractivity contribution is -0.121. The predicted molar refractivity (Wildman–Crippen MR) is 73.5 cm³/mol. The van der Waals surface area contributed by atoms with Crippen molar-refractivity contribution in [3.8, 4) is 0 Å². The summed E-state index contributed by atoms with van der Waals surface area (Å²) in [5, 5.41) is 7.10. The minimum atomic E-state index is 0.117. The van der Waals surface area contributed by atoms with Crippen LogP contribution in [0.1, 0.15) is 29.1 Å². The lowest BCUT2D eigenvalue weighted by Crippen LogP contribution is -2.26. The second-order valence-corrected chi connectivity index (χ2v) is 5.90. The summed E-state index contributed by atoms with van der Waals surface area (Å²) >= 11 is 3.38. The van der Waals surface area contributed by atoms with Gasteiger partial charge >= 0.3 is 0 Å². The number of aryl methyl sites for hydroxylation is 1. The van der Waals surface area contributed by atoms with Gasteiger partial charge in [0.05, 0.1) is 6.04 Å². The molecule has 2 aromatic rings. The number of hydrogen-bond acceptors (Lipinski definition) is 3. The Kier molecular flexibility index (Phi) is 4.34. The maximum Gasteiger partial charge on any atom is 0.220 e. The Labute approximate surface area is 109 Å². The summed E-state index contributed by atoms with van der Waals surface area (Å²) in [6, 6.07) is 8.27. The first kappa shape index (κ1) is 12.3. The van der Waals surface area contributed by atoms with Crippen molar-refractivity contribution in [2.75, 3.05) is 0 Å². The lowest BCUT2D eigenvalue weighted by Gasteiger charge is -2.11. The lowest BCUT2D eigenvalue weighted by atomic mass is 10.2. The Bertz CT molecular complexity index is 448. The highest BCUT2D eigenvalue weighted by molar-refractivity contribution is 7.10. The third kappa shape index (κ3) is 3.68. The molecule has 2 aromatic heterocycles. The zero-order valence-electron chi connectivity index (χ0n) is 9.68. The van der Waals surface area contributed by atoms with Gasteiger partial charge in [0, 0.05) is 16.2 Å². The molecule has 0 bridgehead atoms. The van der Waals surface area contributed by atoms with Crippen LogP contribution in [0.15, 0.2) is 35.0 Å². The van der Waals surface area contributed by atoms with E-state index in [1.807, 2.05) is 29.8 Å². The monoisotopic (exact) mass is 265 g/mol. The number of carbonyl (C=O) groups excluding carboxylic acids is 1. The molecule has 2 heterocycles. The average molecular weight is 265 g/mol. The maximum absolute atomic E-state index is 11.7. The summed E-state index contributed by atoms with van der Waals surface area (Å²) in [6.07, 6.45) is 1.40. The Morgan fingerprint density at radius 3 is 2.71 bits per heavy atom. The molecule has 0 saturated heterocycles. The molecule has 0 spiro atoms. The van der Waals surface area contributed by atoms with Gasteiger partial charge in [-0.2, -0.15) is 0 Å². The predicted octanol–water partition coefficient (Wildman–Crippen LogP) is 3.62. The van der Waals surface area contributed by atoms with E-state index < -0.39 is 0 Å². The summed E-state index contributed by atoms with van der Waals surface area (Å²) in [4.78, 5) is 14.2. The zero-order valence-corrected chi connectivity index (χ0v) is 11.3. The molecular weight excluding hydrogens is 250 g/mol. The highest BCUT2D eigenvalue weighted by Gasteiger charge is 2.10. The molecule has 0 saturated carbocycles. The zero-order chi connectivity index (χ0) is 12.1. The fourth-order valence-electron chi connectivity index (χ4n) is 1.61. The topological polar surface area (TPSA) is 29.1 Å². The van der Waals surface area contributed by atoms with Crippen LogP contribution in [0.4, 0.5) is 0 Å². The largest absolute Gasteiger partial charge is 0.349 e. The van der Waals surface area contributed by atoms with Crippen molar-refractivity contribution in [2.24, 2.45) is 0 Å². The number of rotatable bonds is 5. The first-order valence-corrected chi connectivity index (χ1v) is 7.37. The second kappa shape index (κ2) is 5.98. The van der Waals surface area contributed by atoms with Crippen molar-refractivity contribution >= 4 is 28.6 Å². The number of carbonyl (C=O) groups is 1. The molecule has 2 nitrogen and oxygen atoms in total. The third-order valence-electron chi connectivity index (χ3n) is 2.53. The number of nitrogens with one attached hydrogen (secondary N) is 1. The molecule has 1 unspecified atom stereocenters. The van der Waals surface area contributed by atoms with Crippen LogP contribution < -0.4 is 5.32 Å². The fraction of sp³-hybridized carbons (Fsp3) is 0.308. The molecule has 2 rings (SSSR count). The fourth-order valence-corrected chi connectivity index (χ4v) is 3.06. The Morgan fingerprint density at radius 1 is 1.29 bits per heavy atom. The van der Waals surface area contributed by atoms with E-state index in [0.717, 1.165) is 6.42 Å². The van der Waals surface area contributed by atoms with Gasteiger partial charge in [0.1, 0.15) is 0 Å². The van der Waals surface area contributed by atoms with E-state index in [2.05, 4.69) is 17.4 Å². The van der Waals surface area contributed by atoms with Gasteiger partial charge in [0.25, 0.3) is 0 Å². The van der Waals surface area contributed by atoms with Gasteiger partial charge in [0.15, 0.2) is 0 Å². The summed E-state index contributed by atoms with van der Waals surface area (Å²) in [6.45, 7) is 2.02. The van der Waals surface area contributed by atoms with Gasteiger partial charge < -0.3 is 5.32 Å². The van der Waals surface area contributed by atoms with Crippen LogP contribution in [0, 0.1) is 0 Å². The molecule has 0 aliphatic heterocycles. The van der Waals surface area contributed by atoms with Crippen LogP contribution >= 0.6 is 22.7 Å². The van der Waals surface area contributed by atoms with Crippen molar-refractivity contribution in [3.63, 3.8) is 0 Å². The van der Waals surface area contributed by atoms with Crippen molar-refractivity contribution in [2.45, 2.75) is 25.8 Å². The molecular formula is C13H15NOS2. The van der Waals surface area contributed by atoms with Gasteiger partial charge in [-0.25, -0.2) is 0 Å². The van der Waals surface area contributed by atoms with E-state index in [1.165, 1.54) is 9.75 Å². The van der Waals surface area contributed by atoms with Crippen molar-refractivity contribution in [1.82, 2.24) is 5.32 Å². The Morgan fingerprint density at radius 2 is 2.06 bits per heavy atom. The van der Waals surface area contributed by atoms with Gasteiger partial charge in [-0.15, -0.1) is 22.7 Å². The average Bonchev–Trinajstić information content (AvgIpc) is 2.99. The van der Waals surface area contributed by atoms with Gasteiger partial charge in [-0.3, -0.25) is 4.79 Å². The number of hydrogen-bond donors (Lipinski definition) is 1. The van der Waals surface area contributed by atoms with Crippen molar-refractivity contribution in [3.05, 3.63) is 44.8 Å². The molecule has 0 aliphatic rings. The molecule has 17 heavy (non-hydrogen) atoms. The van der Waals surface area contributed by atoms with Crippen molar-refractivity contribution < 1.29 is 4.79 Å². The molecule has 0 radical (unpaired) electrons.